The van der Waals surface area contributed by atoms with Gasteiger partial charge in [0.25, 0.3) is 0 Å². The maximum absolute atomic E-state index is 13.5. The van der Waals surface area contributed by atoms with Gasteiger partial charge in [0.1, 0.15) is 29.6 Å². The number of hydrogen-bond acceptors (Lipinski definition) is 5. The molecule has 1 rings (SSSR count). The van der Waals surface area contributed by atoms with Crippen LogP contribution < -0.4 is 5.32 Å². The van der Waals surface area contributed by atoms with E-state index >= 15 is 0 Å². The van der Waals surface area contributed by atoms with Crippen molar-refractivity contribution in [1.82, 2.24) is 0 Å². The highest BCUT2D eigenvalue weighted by atomic mass is 79.9. The number of rotatable bonds is 2. The van der Waals surface area contributed by atoms with Gasteiger partial charge < -0.3 is 10.4 Å². The second kappa shape index (κ2) is 5.67. The molecule has 0 spiro atoms. The topological polar surface area (TPSA) is 104 Å². The summed E-state index contributed by atoms with van der Waals surface area (Å²) in [5.41, 5.74) is -1.33. The van der Waals surface area contributed by atoms with Crippen molar-refractivity contribution in [2.24, 2.45) is 0 Å². The van der Waals surface area contributed by atoms with E-state index in [1.807, 2.05) is 0 Å². The monoisotopic (exact) mass is 306 g/mol. The van der Waals surface area contributed by atoms with Crippen LogP contribution in [0.4, 0.5) is 10.1 Å². The lowest BCUT2D eigenvalue weighted by atomic mass is 10.2. The summed E-state index contributed by atoms with van der Waals surface area (Å²) in [7, 11) is 0. The number of benzene rings is 1. The second-order valence-corrected chi connectivity index (χ2v) is 3.82. The van der Waals surface area contributed by atoms with E-state index in [0.717, 1.165) is 6.07 Å². The summed E-state index contributed by atoms with van der Waals surface area (Å²) < 4.78 is 13.7. The summed E-state index contributed by atoms with van der Waals surface area (Å²) in [4.78, 5) is 0. The van der Waals surface area contributed by atoms with Crippen molar-refractivity contribution in [1.29, 1.82) is 15.8 Å². The van der Waals surface area contributed by atoms with E-state index < -0.39 is 22.8 Å². The van der Waals surface area contributed by atoms with Crippen molar-refractivity contribution >= 4 is 21.6 Å². The molecule has 0 unspecified atom stereocenters. The zero-order chi connectivity index (χ0) is 13.7. The van der Waals surface area contributed by atoms with Crippen molar-refractivity contribution in [3.63, 3.8) is 0 Å². The third-order valence-electron chi connectivity index (χ3n) is 1.91. The highest BCUT2D eigenvalue weighted by Crippen LogP contribution is 2.35. The zero-order valence-corrected chi connectivity index (χ0v) is 10.3. The van der Waals surface area contributed by atoms with Gasteiger partial charge in [0.05, 0.1) is 4.47 Å². The van der Waals surface area contributed by atoms with Crippen molar-refractivity contribution in [3.05, 3.63) is 33.7 Å². The quantitative estimate of drug-likeness (QED) is 0.645. The molecule has 2 N–H and O–H groups in total. The highest BCUT2D eigenvalue weighted by Gasteiger charge is 2.15. The van der Waals surface area contributed by atoms with Crippen molar-refractivity contribution < 1.29 is 9.50 Å². The summed E-state index contributed by atoms with van der Waals surface area (Å²) in [6.45, 7) is 0. The Bertz CT molecular complexity index is 633. The molecule has 0 aliphatic heterocycles. The standard InChI is InChI=1S/C11H4BrFN4O/c12-7-1-2-8(13)10(11(7)18)17-9(5-16)6(3-14)4-15/h1-2,17-18H. The van der Waals surface area contributed by atoms with Gasteiger partial charge in [-0.25, -0.2) is 4.39 Å². The Kier molecular flexibility index (Phi) is 4.26. The molecule has 0 fully saturated rings. The van der Waals surface area contributed by atoms with Gasteiger partial charge in [0.15, 0.2) is 17.1 Å². The van der Waals surface area contributed by atoms with Gasteiger partial charge in [-0.15, -0.1) is 0 Å². The van der Waals surface area contributed by atoms with Gasteiger partial charge in [-0.3, -0.25) is 0 Å². The molecule has 0 radical (unpaired) electrons. The average Bonchev–Trinajstić information content (AvgIpc) is 2.38. The summed E-state index contributed by atoms with van der Waals surface area (Å²) in [6.07, 6.45) is 0. The summed E-state index contributed by atoms with van der Waals surface area (Å²) in [5, 5.41) is 37.8. The van der Waals surface area contributed by atoms with E-state index in [-0.39, 0.29) is 10.2 Å². The van der Waals surface area contributed by atoms with Crippen LogP contribution in [-0.4, -0.2) is 5.11 Å². The molecule has 0 aliphatic rings. The average molecular weight is 307 g/mol. The second-order valence-electron chi connectivity index (χ2n) is 2.96. The predicted octanol–water partition coefficient (Wildman–Crippen LogP) is 2.53. The van der Waals surface area contributed by atoms with E-state index in [1.54, 1.807) is 6.07 Å². The van der Waals surface area contributed by atoms with Gasteiger partial charge in [-0.1, -0.05) is 0 Å². The molecular weight excluding hydrogens is 303 g/mol. The summed E-state index contributed by atoms with van der Waals surface area (Å²) in [6, 6.07) is 6.88. The number of nitrogens with one attached hydrogen (secondary N) is 1. The van der Waals surface area contributed by atoms with E-state index in [2.05, 4.69) is 21.2 Å². The van der Waals surface area contributed by atoms with Crippen LogP contribution in [0.25, 0.3) is 0 Å². The van der Waals surface area contributed by atoms with Crippen LogP contribution in [0.15, 0.2) is 27.9 Å². The first-order valence-corrected chi connectivity index (χ1v) is 5.23. The molecule has 5 nitrogen and oxygen atoms in total. The molecule has 88 valence electrons. The predicted molar refractivity (Wildman–Crippen MR) is 63.3 cm³/mol. The van der Waals surface area contributed by atoms with Crippen LogP contribution in [0.1, 0.15) is 0 Å². The molecule has 1 aromatic carbocycles. The Morgan fingerprint density at radius 1 is 1.22 bits per heavy atom. The molecule has 0 amide bonds. The van der Waals surface area contributed by atoms with Gasteiger partial charge in [-0.05, 0) is 28.1 Å². The number of aromatic hydroxyl groups is 1. The van der Waals surface area contributed by atoms with Gasteiger partial charge in [-0.2, -0.15) is 15.8 Å². The fourth-order valence-corrected chi connectivity index (χ4v) is 1.40. The molecule has 0 aliphatic carbocycles. The van der Waals surface area contributed by atoms with Crippen LogP contribution in [0.2, 0.25) is 0 Å². The number of nitriles is 3. The van der Waals surface area contributed by atoms with E-state index in [0.29, 0.717) is 0 Å². The molecule has 0 saturated heterocycles. The first-order valence-electron chi connectivity index (χ1n) is 4.43. The number of phenolic OH excluding ortho intramolecular Hbond substituents is 1. The minimum atomic E-state index is -0.821. The third kappa shape index (κ3) is 2.57. The van der Waals surface area contributed by atoms with Crippen LogP contribution >= 0.6 is 15.9 Å². The van der Waals surface area contributed by atoms with Crippen molar-refractivity contribution in [3.8, 4) is 24.0 Å². The lowest BCUT2D eigenvalue weighted by Crippen LogP contribution is -2.03. The zero-order valence-electron chi connectivity index (χ0n) is 8.70. The molecular formula is C11H4BrFN4O. The maximum atomic E-state index is 13.5. The normalized spacial score (nSPS) is 8.61. The van der Waals surface area contributed by atoms with Crippen LogP contribution in [0.3, 0.4) is 0 Å². The molecule has 0 bridgehead atoms. The third-order valence-corrected chi connectivity index (χ3v) is 2.55. The molecule has 0 atom stereocenters. The molecule has 0 saturated carbocycles. The van der Waals surface area contributed by atoms with E-state index in [1.165, 1.54) is 18.2 Å². The Balaban J connectivity index is 3.34. The summed E-state index contributed by atoms with van der Waals surface area (Å²) >= 11 is 2.98. The largest absolute Gasteiger partial charge is 0.505 e. The van der Waals surface area contributed by atoms with E-state index in [9.17, 15) is 9.50 Å². The molecule has 0 aromatic heterocycles. The number of phenols is 1. The van der Waals surface area contributed by atoms with Crippen LogP contribution in [0.5, 0.6) is 5.75 Å². The Morgan fingerprint density at radius 2 is 1.83 bits per heavy atom. The SMILES string of the molecule is N#CC(C#N)=C(C#N)Nc1c(F)ccc(Br)c1O. The van der Waals surface area contributed by atoms with Crippen molar-refractivity contribution in [2.45, 2.75) is 0 Å². The van der Waals surface area contributed by atoms with E-state index in [4.69, 9.17) is 15.8 Å². The van der Waals surface area contributed by atoms with Crippen LogP contribution in [-0.2, 0) is 0 Å². The van der Waals surface area contributed by atoms with Gasteiger partial charge >= 0.3 is 0 Å². The number of halogens is 2. The smallest absolute Gasteiger partial charge is 0.163 e. The molecule has 0 heterocycles. The molecule has 7 heteroatoms. The highest BCUT2D eigenvalue weighted by molar-refractivity contribution is 9.10. The lowest BCUT2D eigenvalue weighted by Gasteiger charge is -2.09. The van der Waals surface area contributed by atoms with Gasteiger partial charge in [0, 0.05) is 0 Å². The number of nitrogens with zero attached hydrogens (tertiary/aromatic N) is 3. The first kappa shape index (κ1) is 13.5. The first-order chi connectivity index (χ1) is 8.54. The molecule has 1 aromatic rings. The lowest BCUT2D eigenvalue weighted by molar-refractivity contribution is 0.469. The molecule has 18 heavy (non-hydrogen) atoms. The van der Waals surface area contributed by atoms with Gasteiger partial charge in [0.2, 0.25) is 0 Å². The number of anilines is 1. The number of hydrogen-bond donors (Lipinski definition) is 2. The maximum Gasteiger partial charge on any atom is 0.163 e. The van der Waals surface area contributed by atoms with Crippen molar-refractivity contribution in [2.75, 3.05) is 5.32 Å². The Labute approximate surface area is 110 Å². The summed E-state index contributed by atoms with van der Waals surface area (Å²) in [5.74, 6) is -1.28. The number of allylic oxidation sites excluding steroid dienone is 2. The fourth-order valence-electron chi connectivity index (χ4n) is 1.07. The van der Waals surface area contributed by atoms with Crippen LogP contribution in [0, 0.1) is 39.8 Å². The Hall–Kier alpha value is -2.56. The minimum Gasteiger partial charge on any atom is -0.505 e. The minimum absolute atomic E-state index is 0.208. The fraction of sp³-hybridized carbons (Fsp3) is 0. The Morgan fingerprint density at radius 3 is 2.33 bits per heavy atom.